The number of rotatable bonds is 5. The lowest BCUT2D eigenvalue weighted by molar-refractivity contribution is -0.115. The molecule has 0 saturated heterocycles. The van der Waals surface area contributed by atoms with Crippen molar-refractivity contribution in [3.05, 3.63) is 50.8 Å². The molecule has 7 nitrogen and oxygen atoms in total. The first-order valence-corrected chi connectivity index (χ1v) is 10.3. The number of thiophene rings is 1. The standard InChI is InChI=1S/C20H20ClN3O4S/c1-5-28-20(27)16-14-9-29-18(22-17(25)12(4)21)15(14)19(26)24(23-16)13-7-6-10(2)11(3)8-13/h6-9,12H,5H2,1-4H3,(H,22,25). The molecule has 2 aromatic heterocycles. The first-order chi connectivity index (χ1) is 13.7. The molecule has 0 aliphatic heterocycles. The van der Waals surface area contributed by atoms with E-state index < -0.39 is 22.8 Å². The van der Waals surface area contributed by atoms with Crippen molar-refractivity contribution >= 4 is 50.6 Å². The summed E-state index contributed by atoms with van der Waals surface area (Å²) >= 11 is 6.97. The molecule has 0 saturated carbocycles. The lowest BCUT2D eigenvalue weighted by atomic mass is 10.1. The molecule has 1 amide bonds. The maximum Gasteiger partial charge on any atom is 0.359 e. The smallest absolute Gasteiger partial charge is 0.359 e. The van der Waals surface area contributed by atoms with Gasteiger partial charge in [-0.1, -0.05) is 6.07 Å². The quantitative estimate of drug-likeness (QED) is 0.488. The number of carbonyl (C=O) groups is 2. The van der Waals surface area contributed by atoms with Gasteiger partial charge in [0.15, 0.2) is 5.69 Å². The highest BCUT2D eigenvalue weighted by Gasteiger charge is 2.23. The second-order valence-corrected chi connectivity index (χ2v) is 8.05. The van der Waals surface area contributed by atoms with E-state index in [4.69, 9.17) is 16.3 Å². The Hall–Kier alpha value is -2.71. The average molecular weight is 434 g/mol. The van der Waals surface area contributed by atoms with Crippen LogP contribution >= 0.6 is 22.9 Å². The van der Waals surface area contributed by atoms with Crippen LogP contribution < -0.4 is 10.9 Å². The Bertz CT molecular complexity index is 1170. The highest BCUT2D eigenvalue weighted by Crippen LogP contribution is 2.31. The van der Waals surface area contributed by atoms with E-state index in [9.17, 15) is 14.4 Å². The minimum absolute atomic E-state index is 0.00958. The average Bonchev–Trinajstić information content (AvgIpc) is 3.08. The number of nitrogens with zero attached hydrogens (tertiary/aromatic N) is 2. The number of ether oxygens (including phenoxy) is 1. The Morgan fingerprint density at radius 1 is 1.31 bits per heavy atom. The maximum atomic E-state index is 13.3. The van der Waals surface area contributed by atoms with E-state index in [2.05, 4.69) is 10.4 Å². The predicted molar refractivity (Wildman–Crippen MR) is 115 cm³/mol. The third-order valence-electron chi connectivity index (χ3n) is 4.45. The van der Waals surface area contributed by atoms with Crippen LogP contribution in [-0.4, -0.2) is 33.6 Å². The number of amides is 1. The van der Waals surface area contributed by atoms with Crippen molar-refractivity contribution in [3.8, 4) is 5.69 Å². The van der Waals surface area contributed by atoms with Crippen molar-refractivity contribution in [2.24, 2.45) is 0 Å². The molecule has 29 heavy (non-hydrogen) atoms. The third kappa shape index (κ3) is 4.04. The monoisotopic (exact) mass is 433 g/mol. The third-order valence-corrected chi connectivity index (χ3v) is 5.55. The van der Waals surface area contributed by atoms with Gasteiger partial charge in [-0.2, -0.15) is 9.78 Å². The van der Waals surface area contributed by atoms with Gasteiger partial charge < -0.3 is 10.1 Å². The second kappa shape index (κ2) is 8.34. The lowest BCUT2D eigenvalue weighted by Crippen LogP contribution is -2.26. The number of aryl methyl sites for hydroxylation is 2. The second-order valence-electron chi connectivity index (χ2n) is 6.51. The Morgan fingerprint density at radius 2 is 2.03 bits per heavy atom. The van der Waals surface area contributed by atoms with E-state index in [1.54, 1.807) is 18.4 Å². The minimum atomic E-state index is -0.777. The fourth-order valence-electron chi connectivity index (χ4n) is 2.74. The molecule has 0 aliphatic rings. The number of esters is 1. The van der Waals surface area contributed by atoms with Crippen molar-refractivity contribution in [2.75, 3.05) is 11.9 Å². The first-order valence-electron chi connectivity index (χ1n) is 8.98. The molecule has 3 rings (SSSR count). The minimum Gasteiger partial charge on any atom is -0.461 e. The number of carbonyl (C=O) groups excluding carboxylic acids is 2. The van der Waals surface area contributed by atoms with Crippen LogP contribution in [-0.2, 0) is 9.53 Å². The van der Waals surface area contributed by atoms with Gasteiger partial charge in [0.25, 0.3) is 5.56 Å². The van der Waals surface area contributed by atoms with Gasteiger partial charge in [-0.15, -0.1) is 22.9 Å². The van der Waals surface area contributed by atoms with Crippen LogP contribution in [0.15, 0.2) is 28.4 Å². The van der Waals surface area contributed by atoms with Crippen LogP contribution in [0, 0.1) is 13.8 Å². The largest absolute Gasteiger partial charge is 0.461 e. The summed E-state index contributed by atoms with van der Waals surface area (Å²) in [5.41, 5.74) is 2.11. The molecule has 1 aromatic carbocycles. The molecule has 1 unspecified atom stereocenters. The zero-order chi connectivity index (χ0) is 21.3. The van der Waals surface area contributed by atoms with E-state index in [0.717, 1.165) is 27.1 Å². The number of halogens is 1. The summed E-state index contributed by atoms with van der Waals surface area (Å²) < 4.78 is 6.28. The van der Waals surface area contributed by atoms with Crippen LogP contribution in [0.5, 0.6) is 0 Å². The van der Waals surface area contributed by atoms with E-state index in [1.807, 2.05) is 26.0 Å². The number of anilines is 1. The zero-order valence-corrected chi connectivity index (χ0v) is 18.0. The molecule has 9 heteroatoms. The van der Waals surface area contributed by atoms with Crippen molar-refractivity contribution in [1.82, 2.24) is 9.78 Å². The molecular formula is C20H20ClN3O4S. The van der Waals surface area contributed by atoms with Crippen molar-refractivity contribution in [1.29, 1.82) is 0 Å². The van der Waals surface area contributed by atoms with Gasteiger partial charge >= 0.3 is 5.97 Å². The van der Waals surface area contributed by atoms with Crippen LogP contribution in [0.1, 0.15) is 35.5 Å². The zero-order valence-electron chi connectivity index (χ0n) is 16.4. The van der Waals surface area contributed by atoms with Gasteiger partial charge in [-0.3, -0.25) is 9.59 Å². The molecule has 0 spiro atoms. The van der Waals surface area contributed by atoms with Gasteiger partial charge in [0.05, 0.1) is 17.7 Å². The molecule has 0 fully saturated rings. The molecule has 1 N–H and O–H groups in total. The number of alkyl halides is 1. The van der Waals surface area contributed by atoms with Crippen LogP contribution in [0.4, 0.5) is 5.00 Å². The molecule has 0 radical (unpaired) electrons. The highest BCUT2D eigenvalue weighted by atomic mass is 35.5. The fourth-order valence-corrected chi connectivity index (χ4v) is 3.73. The Kier molecular flexibility index (Phi) is 6.04. The van der Waals surface area contributed by atoms with Gasteiger partial charge in [-0.05, 0) is 51.0 Å². The summed E-state index contributed by atoms with van der Waals surface area (Å²) in [6.07, 6.45) is 0. The van der Waals surface area contributed by atoms with Crippen molar-refractivity contribution in [2.45, 2.75) is 33.1 Å². The molecule has 0 bridgehead atoms. The summed E-state index contributed by atoms with van der Waals surface area (Å²) in [5, 5.41) is 8.61. The van der Waals surface area contributed by atoms with E-state index >= 15 is 0 Å². The molecule has 152 valence electrons. The topological polar surface area (TPSA) is 90.3 Å². The van der Waals surface area contributed by atoms with Gasteiger partial charge in [-0.25, -0.2) is 4.79 Å². The molecule has 3 aromatic rings. The van der Waals surface area contributed by atoms with Gasteiger partial charge in [0.1, 0.15) is 10.4 Å². The number of benzene rings is 1. The number of nitrogens with one attached hydrogen (secondary N) is 1. The summed E-state index contributed by atoms with van der Waals surface area (Å²) in [6.45, 7) is 7.28. The number of aromatic nitrogens is 2. The molecular weight excluding hydrogens is 414 g/mol. The molecule has 2 heterocycles. The predicted octanol–water partition coefficient (Wildman–Crippen LogP) is 3.81. The number of hydrogen-bond acceptors (Lipinski definition) is 6. The normalized spacial score (nSPS) is 12.0. The van der Waals surface area contributed by atoms with Gasteiger partial charge in [0.2, 0.25) is 5.91 Å². The van der Waals surface area contributed by atoms with Crippen molar-refractivity contribution < 1.29 is 14.3 Å². The van der Waals surface area contributed by atoms with E-state index in [-0.39, 0.29) is 17.7 Å². The van der Waals surface area contributed by atoms with Gasteiger partial charge in [0, 0.05) is 10.8 Å². The first kappa shape index (κ1) is 21.0. The lowest BCUT2D eigenvalue weighted by Gasteiger charge is -2.11. The fraction of sp³-hybridized carbons (Fsp3) is 0.300. The van der Waals surface area contributed by atoms with Crippen molar-refractivity contribution in [3.63, 3.8) is 0 Å². The Labute approximate surface area is 176 Å². The summed E-state index contributed by atoms with van der Waals surface area (Å²) in [4.78, 5) is 37.8. The van der Waals surface area contributed by atoms with Crippen LogP contribution in [0.3, 0.4) is 0 Å². The Balaban J connectivity index is 2.29. The summed E-state index contributed by atoms with van der Waals surface area (Å²) in [6, 6.07) is 5.44. The number of fused-ring (bicyclic) bond motifs is 1. The Morgan fingerprint density at radius 3 is 2.66 bits per heavy atom. The maximum absolute atomic E-state index is 13.3. The summed E-state index contributed by atoms with van der Waals surface area (Å²) in [7, 11) is 0. The van der Waals surface area contributed by atoms with E-state index in [0.29, 0.717) is 16.1 Å². The van der Waals surface area contributed by atoms with E-state index in [1.165, 1.54) is 6.92 Å². The molecule has 0 aliphatic carbocycles. The van der Waals surface area contributed by atoms with Crippen LogP contribution in [0.2, 0.25) is 0 Å². The van der Waals surface area contributed by atoms with Crippen LogP contribution in [0.25, 0.3) is 16.5 Å². The SMILES string of the molecule is CCOC(=O)c1nn(-c2ccc(C)c(C)c2)c(=O)c2c(NC(=O)C(C)Cl)scc12. The molecule has 1 atom stereocenters. The highest BCUT2D eigenvalue weighted by molar-refractivity contribution is 7.16. The number of hydrogen-bond donors (Lipinski definition) is 1. The summed E-state index contributed by atoms with van der Waals surface area (Å²) in [5.74, 6) is -1.08.